The average Bonchev–Trinajstić information content (AvgIpc) is 3.21. The van der Waals surface area contributed by atoms with E-state index in [9.17, 15) is 4.79 Å². The third-order valence-corrected chi connectivity index (χ3v) is 6.82. The van der Waals surface area contributed by atoms with E-state index in [1.807, 2.05) is 17.2 Å². The zero-order chi connectivity index (χ0) is 18.3. The van der Waals surface area contributed by atoms with Crippen LogP contribution in [0.25, 0.3) is 0 Å². The molecule has 0 N–H and O–H groups in total. The first kappa shape index (κ1) is 17.3. The monoisotopic (exact) mass is 383 g/mol. The summed E-state index contributed by atoms with van der Waals surface area (Å²) < 4.78 is 6.33. The van der Waals surface area contributed by atoms with E-state index in [2.05, 4.69) is 32.8 Å². The van der Waals surface area contributed by atoms with Crippen LogP contribution >= 0.6 is 11.3 Å². The van der Waals surface area contributed by atoms with Gasteiger partial charge in [0.25, 0.3) is 5.91 Å². The molecule has 2 aromatic rings. The van der Waals surface area contributed by atoms with E-state index >= 15 is 0 Å². The van der Waals surface area contributed by atoms with Crippen LogP contribution in [0, 0.1) is 5.92 Å². The van der Waals surface area contributed by atoms with Gasteiger partial charge in [0.05, 0.1) is 6.61 Å². The minimum atomic E-state index is -0.772. The molecule has 0 aromatic carbocycles. The van der Waals surface area contributed by atoms with Gasteiger partial charge in [-0.05, 0) is 52.8 Å². The van der Waals surface area contributed by atoms with Crippen LogP contribution in [0.5, 0.6) is 0 Å². The summed E-state index contributed by atoms with van der Waals surface area (Å²) in [4.78, 5) is 22.4. The number of pyridine rings is 1. The third-order valence-electron chi connectivity index (χ3n) is 6.09. The van der Waals surface area contributed by atoms with Gasteiger partial charge >= 0.3 is 0 Å². The molecule has 2 aliphatic heterocycles. The van der Waals surface area contributed by atoms with Crippen molar-refractivity contribution in [3.05, 3.63) is 52.5 Å². The van der Waals surface area contributed by atoms with Crippen molar-refractivity contribution in [2.75, 3.05) is 32.8 Å². The van der Waals surface area contributed by atoms with E-state index in [1.54, 1.807) is 17.5 Å². The quantitative estimate of drug-likeness (QED) is 0.797. The molecule has 3 fully saturated rings. The number of morpholine rings is 1. The van der Waals surface area contributed by atoms with Crippen molar-refractivity contribution >= 4 is 17.2 Å². The van der Waals surface area contributed by atoms with Crippen LogP contribution in [0.1, 0.15) is 29.9 Å². The maximum atomic E-state index is 13.7. The van der Waals surface area contributed by atoms with E-state index in [-0.39, 0.29) is 11.8 Å². The Morgan fingerprint density at radius 3 is 3.00 bits per heavy atom. The molecule has 0 bridgehead atoms. The van der Waals surface area contributed by atoms with E-state index in [1.165, 1.54) is 18.4 Å². The largest absolute Gasteiger partial charge is 0.361 e. The standard InChI is InChI=1S/C21H25N3O2S/c25-20-21(26-8-7-24(20)12-17-5-9-27-14-17)15-23(11-16-3-4-16)13-19(21)18-2-1-6-22-10-18/h1-2,5-6,9-10,14,16,19H,3-4,7-8,11-13,15H2/t19-,21-/m1/s1. The van der Waals surface area contributed by atoms with Crippen LogP contribution < -0.4 is 0 Å². The number of hydrogen-bond donors (Lipinski definition) is 0. The van der Waals surface area contributed by atoms with Crippen molar-refractivity contribution < 1.29 is 9.53 Å². The molecule has 2 aromatic heterocycles. The van der Waals surface area contributed by atoms with Gasteiger partial charge in [-0.2, -0.15) is 11.3 Å². The molecule has 5 nitrogen and oxygen atoms in total. The Kier molecular flexibility index (Phi) is 4.50. The second kappa shape index (κ2) is 7.00. The highest BCUT2D eigenvalue weighted by molar-refractivity contribution is 7.07. The molecule has 2 saturated heterocycles. The number of likely N-dealkylation sites (tertiary alicyclic amines) is 1. The van der Waals surface area contributed by atoms with Gasteiger partial charge in [0, 0.05) is 51.0 Å². The summed E-state index contributed by atoms with van der Waals surface area (Å²) in [7, 11) is 0. The topological polar surface area (TPSA) is 45.7 Å². The molecule has 27 heavy (non-hydrogen) atoms. The minimum Gasteiger partial charge on any atom is -0.361 e. The number of ether oxygens (including phenoxy) is 1. The Morgan fingerprint density at radius 2 is 2.26 bits per heavy atom. The predicted octanol–water partition coefficient (Wildman–Crippen LogP) is 2.75. The van der Waals surface area contributed by atoms with E-state index in [0.29, 0.717) is 26.2 Å². The highest BCUT2D eigenvalue weighted by Crippen LogP contribution is 2.43. The molecule has 6 heteroatoms. The Hall–Kier alpha value is -1.76. The van der Waals surface area contributed by atoms with Gasteiger partial charge in [-0.1, -0.05) is 6.07 Å². The summed E-state index contributed by atoms with van der Waals surface area (Å²) in [5.41, 5.74) is 1.55. The van der Waals surface area contributed by atoms with Crippen LogP contribution in [0.2, 0.25) is 0 Å². The SMILES string of the molecule is O=C1N(Cc2ccsc2)CCO[C@@]12CN(CC1CC1)C[C@@H]2c1cccnc1. The van der Waals surface area contributed by atoms with Gasteiger partial charge in [-0.15, -0.1) is 0 Å². The highest BCUT2D eigenvalue weighted by atomic mass is 32.1. The summed E-state index contributed by atoms with van der Waals surface area (Å²) in [6.07, 6.45) is 6.33. The van der Waals surface area contributed by atoms with Gasteiger partial charge in [-0.25, -0.2) is 0 Å². The lowest BCUT2D eigenvalue weighted by molar-refractivity contribution is -0.173. The molecular weight excluding hydrogens is 358 g/mol. The van der Waals surface area contributed by atoms with Crippen molar-refractivity contribution in [2.24, 2.45) is 5.92 Å². The summed E-state index contributed by atoms with van der Waals surface area (Å²) >= 11 is 1.68. The number of amides is 1. The fraction of sp³-hybridized carbons (Fsp3) is 0.524. The first-order chi connectivity index (χ1) is 13.2. The van der Waals surface area contributed by atoms with Gasteiger partial charge < -0.3 is 9.64 Å². The normalized spacial score (nSPS) is 29.0. The van der Waals surface area contributed by atoms with Crippen LogP contribution in [0.4, 0.5) is 0 Å². The van der Waals surface area contributed by atoms with E-state index < -0.39 is 5.60 Å². The average molecular weight is 384 g/mol. The number of rotatable bonds is 5. The van der Waals surface area contributed by atoms with Crippen LogP contribution in [-0.4, -0.2) is 59.1 Å². The first-order valence-electron chi connectivity index (χ1n) is 9.81. The summed E-state index contributed by atoms with van der Waals surface area (Å²) in [6.45, 7) is 4.60. The van der Waals surface area contributed by atoms with Crippen molar-refractivity contribution in [1.82, 2.24) is 14.8 Å². The van der Waals surface area contributed by atoms with Crippen LogP contribution in [0.3, 0.4) is 0 Å². The van der Waals surface area contributed by atoms with E-state index in [4.69, 9.17) is 4.74 Å². The molecule has 5 rings (SSSR count). The van der Waals surface area contributed by atoms with Crippen LogP contribution in [0.15, 0.2) is 41.4 Å². The number of nitrogens with zero attached hydrogens (tertiary/aromatic N) is 3. The second-order valence-corrected chi connectivity index (χ2v) is 8.85. The number of thiophene rings is 1. The van der Waals surface area contributed by atoms with Gasteiger partial charge in [0.15, 0.2) is 5.60 Å². The zero-order valence-electron chi connectivity index (χ0n) is 15.4. The lowest BCUT2D eigenvalue weighted by atomic mass is 9.83. The van der Waals surface area contributed by atoms with E-state index in [0.717, 1.165) is 24.6 Å². The Morgan fingerprint density at radius 1 is 1.33 bits per heavy atom. The predicted molar refractivity (Wildman–Crippen MR) is 105 cm³/mol. The maximum Gasteiger partial charge on any atom is 0.257 e. The molecule has 1 saturated carbocycles. The number of carbonyl (C=O) groups excluding carboxylic acids is 1. The molecule has 1 spiro atoms. The smallest absolute Gasteiger partial charge is 0.257 e. The summed E-state index contributed by atoms with van der Waals surface area (Å²) in [5, 5.41) is 4.20. The number of hydrogen-bond acceptors (Lipinski definition) is 5. The lowest BCUT2D eigenvalue weighted by Gasteiger charge is -2.42. The van der Waals surface area contributed by atoms with Crippen LogP contribution in [-0.2, 0) is 16.1 Å². The molecule has 0 radical (unpaired) electrons. The number of aromatic nitrogens is 1. The Bertz CT molecular complexity index is 793. The van der Waals surface area contributed by atoms with Crippen molar-refractivity contribution in [2.45, 2.75) is 30.9 Å². The number of carbonyl (C=O) groups is 1. The van der Waals surface area contributed by atoms with Gasteiger partial charge in [0.1, 0.15) is 0 Å². The second-order valence-electron chi connectivity index (χ2n) is 8.07. The molecular formula is C21H25N3O2S. The fourth-order valence-electron chi connectivity index (χ4n) is 4.56. The molecule has 4 heterocycles. The Labute approximate surface area is 164 Å². The fourth-order valence-corrected chi connectivity index (χ4v) is 5.22. The maximum absolute atomic E-state index is 13.7. The van der Waals surface area contributed by atoms with Crippen molar-refractivity contribution in [1.29, 1.82) is 0 Å². The Balaban J connectivity index is 1.44. The molecule has 142 valence electrons. The first-order valence-corrected chi connectivity index (χ1v) is 10.8. The lowest BCUT2D eigenvalue weighted by Crippen LogP contribution is -2.60. The third kappa shape index (κ3) is 3.30. The molecule has 3 aliphatic rings. The molecule has 1 aliphatic carbocycles. The summed E-state index contributed by atoms with van der Waals surface area (Å²) in [5.74, 6) is 0.991. The minimum absolute atomic E-state index is 0.0442. The molecule has 0 unspecified atom stereocenters. The van der Waals surface area contributed by atoms with Crippen molar-refractivity contribution in [3.8, 4) is 0 Å². The zero-order valence-corrected chi connectivity index (χ0v) is 16.2. The summed E-state index contributed by atoms with van der Waals surface area (Å²) in [6, 6.07) is 6.16. The van der Waals surface area contributed by atoms with Gasteiger partial charge in [0.2, 0.25) is 0 Å². The molecule has 1 amide bonds. The van der Waals surface area contributed by atoms with Crippen molar-refractivity contribution in [3.63, 3.8) is 0 Å². The van der Waals surface area contributed by atoms with Gasteiger partial charge in [-0.3, -0.25) is 14.7 Å². The molecule has 2 atom stereocenters. The highest BCUT2D eigenvalue weighted by Gasteiger charge is 2.57.